The topological polar surface area (TPSA) is 91.8 Å². The second-order valence-electron chi connectivity index (χ2n) is 10.1. The molecule has 4 aliphatic rings. The van der Waals surface area contributed by atoms with E-state index in [1.165, 1.54) is 22.3 Å². The second-order valence-corrected chi connectivity index (χ2v) is 12.0. The number of fused-ring (bicyclic) bond motifs is 3. The van der Waals surface area contributed by atoms with E-state index in [4.69, 9.17) is 0 Å². The molecule has 2 aromatic rings. The van der Waals surface area contributed by atoms with Crippen LogP contribution in [0.1, 0.15) is 34.8 Å². The van der Waals surface area contributed by atoms with Crippen LogP contribution in [0.25, 0.3) is 0 Å². The van der Waals surface area contributed by atoms with Gasteiger partial charge in [-0.1, -0.05) is 42.0 Å². The highest BCUT2D eigenvalue weighted by atomic mass is 79.9. The Labute approximate surface area is 232 Å². The Bertz CT molecular complexity index is 1510. The lowest BCUT2D eigenvalue weighted by molar-refractivity contribution is -0.140. The first-order valence-electron chi connectivity index (χ1n) is 12.5. The molecule has 1 aromatic heterocycles. The van der Waals surface area contributed by atoms with Crippen molar-refractivity contribution < 1.29 is 24.3 Å². The summed E-state index contributed by atoms with van der Waals surface area (Å²) >= 11 is 4.74. The zero-order valence-corrected chi connectivity index (χ0v) is 22.8. The number of carbonyl (C=O) groups is 4. The third-order valence-corrected chi connectivity index (χ3v) is 9.59. The number of thiophene rings is 1. The Kier molecular flexibility index (Phi) is 6.19. The van der Waals surface area contributed by atoms with Crippen LogP contribution in [0.4, 0.5) is 0 Å². The Morgan fingerprint density at radius 3 is 2.66 bits per heavy atom. The number of likely N-dealkylation sites (tertiary alicyclic amines) is 1. The molecule has 1 aliphatic heterocycles. The minimum absolute atomic E-state index is 0.0509. The minimum Gasteiger partial charge on any atom is -0.507 e. The van der Waals surface area contributed by atoms with Crippen LogP contribution in [0, 0.1) is 17.8 Å². The molecular formula is C30H24BrNO5S. The number of halogens is 1. The number of rotatable bonds is 5. The number of allylic oxidation sites excluding steroid dienone is 7. The van der Waals surface area contributed by atoms with Gasteiger partial charge in [-0.2, -0.15) is 0 Å². The SMILES string of the molecule is C=CCc1cccc(C2C3=CCC4C(=O)N(Cc5cccs5)C(=O)C4C3CC3=C2C(=O)C=C(Br)C3=O)c1O. The van der Waals surface area contributed by atoms with Gasteiger partial charge in [-0.3, -0.25) is 24.1 Å². The molecule has 1 fully saturated rings. The first-order valence-corrected chi connectivity index (χ1v) is 14.2. The van der Waals surface area contributed by atoms with Gasteiger partial charge in [-0.25, -0.2) is 0 Å². The van der Waals surface area contributed by atoms with Crippen molar-refractivity contribution in [3.05, 3.63) is 97.7 Å². The van der Waals surface area contributed by atoms with E-state index in [9.17, 15) is 24.3 Å². The number of hydrogen-bond acceptors (Lipinski definition) is 6. The molecule has 1 aromatic carbocycles. The number of hydrogen-bond donors (Lipinski definition) is 1. The lowest BCUT2D eigenvalue weighted by atomic mass is 9.59. The van der Waals surface area contributed by atoms with E-state index < -0.39 is 23.7 Å². The number of amides is 2. The molecule has 1 N–H and O–H groups in total. The van der Waals surface area contributed by atoms with Gasteiger partial charge in [-0.05, 0) is 58.1 Å². The van der Waals surface area contributed by atoms with E-state index in [2.05, 4.69) is 22.5 Å². The molecule has 38 heavy (non-hydrogen) atoms. The summed E-state index contributed by atoms with van der Waals surface area (Å²) in [4.78, 5) is 56.2. The Morgan fingerprint density at radius 2 is 1.92 bits per heavy atom. The monoisotopic (exact) mass is 589 g/mol. The number of Topliss-reactive ketones (excluding diaryl/α,β-unsaturated/α-hetero) is 1. The Balaban J connectivity index is 1.48. The van der Waals surface area contributed by atoms with Gasteiger partial charge in [0.1, 0.15) is 5.75 Å². The molecule has 6 rings (SSSR count). The van der Waals surface area contributed by atoms with Gasteiger partial charge in [0, 0.05) is 33.6 Å². The molecule has 4 atom stereocenters. The van der Waals surface area contributed by atoms with Crippen molar-refractivity contribution in [2.75, 3.05) is 0 Å². The number of para-hydroxylation sites is 1. The molecule has 192 valence electrons. The van der Waals surface area contributed by atoms with Crippen molar-refractivity contribution in [2.45, 2.75) is 31.7 Å². The average Bonchev–Trinajstić information content (AvgIpc) is 3.50. The summed E-state index contributed by atoms with van der Waals surface area (Å²) in [5.74, 6) is -3.20. The van der Waals surface area contributed by atoms with E-state index in [1.54, 1.807) is 18.2 Å². The van der Waals surface area contributed by atoms with Gasteiger partial charge in [0.25, 0.3) is 0 Å². The van der Waals surface area contributed by atoms with Crippen LogP contribution in [0.15, 0.2) is 81.7 Å². The van der Waals surface area contributed by atoms with Crippen molar-refractivity contribution in [1.82, 2.24) is 4.90 Å². The molecule has 2 amide bonds. The van der Waals surface area contributed by atoms with E-state index in [1.807, 2.05) is 29.7 Å². The Morgan fingerprint density at radius 1 is 1.11 bits per heavy atom. The maximum atomic E-state index is 13.8. The molecule has 0 saturated carbocycles. The molecule has 3 aliphatic carbocycles. The standard InChI is InChI=1S/C30H24BrNO5S/c1-2-5-15-6-3-8-18(27(15)34)24-17-9-10-19-25(30(37)32(29(19)36)14-16-7-4-11-38-16)20(17)12-21-26(24)23(33)13-22(31)28(21)35/h2-4,6-9,11,13,19-20,24-25,34H,1,5,10,12,14H2. The van der Waals surface area contributed by atoms with Crippen molar-refractivity contribution >= 4 is 50.6 Å². The first-order chi connectivity index (χ1) is 18.3. The number of imide groups is 1. The summed E-state index contributed by atoms with van der Waals surface area (Å²) < 4.78 is 0.178. The largest absolute Gasteiger partial charge is 0.507 e. The summed E-state index contributed by atoms with van der Waals surface area (Å²) in [5, 5.41) is 13.2. The highest BCUT2D eigenvalue weighted by molar-refractivity contribution is 9.12. The fourth-order valence-electron chi connectivity index (χ4n) is 6.51. The van der Waals surface area contributed by atoms with E-state index >= 15 is 0 Å². The third kappa shape index (κ3) is 3.73. The number of phenols is 1. The molecule has 4 unspecified atom stereocenters. The van der Waals surface area contributed by atoms with E-state index in [0.29, 0.717) is 35.1 Å². The van der Waals surface area contributed by atoms with Gasteiger partial charge in [0.05, 0.1) is 22.9 Å². The third-order valence-electron chi connectivity index (χ3n) is 8.14. The van der Waals surface area contributed by atoms with Crippen LogP contribution in [-0.2, 0) is 32.1 Å². The summed E-state index contributed by atoms with van der Waals surface area (Å²) in [7, 11) is 0. The predicted octanol–water partition coefficient (Wildman–Crippen LogP) is 5.14. The highest BCUT2D eigenvalue weighted by Gasteiger charge is 2.56. The highest BCUT2D eigenvalue weighted by Crippen LogP contribution is 2.56. The number of benzene rings is 1. The zero-order chi connectivity index (χ0) is 26.7. The van der Waals surface area contributed by atoms with Gasteiger partial charge >= 0.3 is 0 Å². The lowest BCUT2D eigenvalue weighted by Crippen LogP contribution is -2.39. The molecule has 0 radical (unpaired) electrons. The number of carbonyl (C=O) groups excluding carboxylic acids is 4. The van der Waals surface area contributed by atoms with Gasteiger partial charge in [0.2, 0.25) is 11.8 Å². The van der Waals surface area contributed by atoms with Crippen molar-refractivity contribution in [3.63, 3.8) is 0 Å². The normalized spacial score (nSPS) is 26.6. The molecule has 8 heteroatoms. The molecule has 0 bridgehead atoms. The zero-order valence-electron chi connectivity index (χ0n) is 20.4. The predicted molar refractivity (Wildman–Crippen MR) is 146 cm³/mol. The van der Waals surface area contributed by atoms with Crippen LogP contribution in [0.3, 0.4) is 0 Å². The van der Waals surface area contributed by atoms with Crippen LogP contribution in [-0.4, -0.2) is 33.4 Å². The van der Waals surface area contributed by atoms with Gasteiger partial charge in [0.15, 0.2) is 11.6 Å². The number of nitrogens with zero attached hydrogens (tertiary/aromatic N) is 1. The quantitative estimate of drug-likeness (QED) is 0.296. The number of aromatic hydroxyl groups is 1. The van der Waals surface area contributed by atoms with Crippen LogP contribution < -0.4 is 0 Å². The number of ketones is 2. The van der Waals surface area contributed by atoms with E-state index in [0.717, 1.165) is 10.5 Å². The van der Waals surface area contributed by atoms with Crippen molar-refractivity contribution in [1.29, 1.82) is 0 Å². The van der Waals surface area contributed by atoms with Crippen LogP contribution >= 0.6 is 27.3 Å². The average molecular weight is 590 g/mol. The minimum atomic E-state index is -0.683. The lowest BCUT2D eigenvalue weighted by Gasteiger charge is -2.42. The van der Waals surface area contributed by atoms with Crippen LogP contribution in [0.5, 0.6) is 5.75 Å². The maximum Gasteiger partial charge on any atom is 0.234 e. The summed E-state index contributed by atoms with van der Waals surface area (Å²) in [6.45, 7) is 4.00. The Hall–Kier alpha value is -3.36. The fourth-order valence-corrected chi connectivity index (χ4v) is 7.65. The molecule has 2 heterocycles. The second kappa shape index (κ2) is 9.43. The molecule has 1 saturated heterocycles. The molecular weight excluding hydrogens is 566 g/mol. The molecule has 6 nitrogen and oxygen atoms in total. The summed E-state index contributed by atoms with van der Waals surface area (Å²) in [6, 6.07) is 9.18. The molecule has 0 spiro atoms. The fraction of sp³-hybridized carbons (Fsp3) is 0.267. The van der Waals surface area contributed by atoms with Gasteiger partial charge < -0.3 is 5.11 Å². The smallest absolute Gasteiger partial charge is 0.234 e. The summed E-state index contributed by atoms with van der Waals surface area (Å²) in [6.07, 6.45) is 5.96. The van der Waals surface area contributed by atoms with Gasteiger partial charge in [-0.15, -0.1) is 17.9 Å². The van der Waals surface area contributed by atoms with Crippen molar-refractivity contribution in [2.24, 2.45) is 17.8 Å². The van der Waals surface area contributed by atoms with E-state index in [-0.39, 0.29) is 46.6 Å². The van der Waals surface area contributed by atoms with Crippen molar-refractivity contribution in [3.8, 4) is 5.75 Å². The number of phenolic OH excluding ortho intramolecular Hbond substituents is 1. The van der Waals surface area contributed by atoms with Crippen LogP contribution in [0.2, 0.25) is 0 Å². The maximum absolute atomic E-state index is 13.8. The first kappa shape index (κ1) is 24.9. The summed E-state index contributed by atoms with van der Waals surface area (Å²) in [5.41, 5.74) is 2.70.